The van der Waals surface area contributed by atoms with Crippen LogP contribution >= 0.6 is 0 Å². The maximum Gasteiger partial charge on any atom is 0.150 e. The van der Waals surface area contributed by atoms with Gasteiger partial charge in [-0.05, 0) is 0 Å². The summed E-state index contributed by atoms with van der Waals surface area (Å²) in [6.07, 6.45) is 4.48. The van der Waals surface area contributed by atoms with Crippen LogP contribution < -0.4 is 5.32 Å². The number of hydrogen-bond donors (Lipinski definition) is 1. The number of hydrogen-bond acceptors (Lipinski definition) is 2. The monoisotopic (exact) mass is 203 g/mol. The Morgan fingerprint density at radius 1 is 1.07 bits per heavy atom. The fourth-order valence-electron chi connectivity index (χ4n) is 0.819. The molecule has 2 nitrogen and oxygen atoms in total. The third-order valence-corrected chi connectivity index (χ3v) is 1.51. The molecule has 0 heterocycles. The first-order valence-electron chi connectivity index (χ1n) is 4.78. The van der Waals surface area contributed by atoms with Gasteiger partial charge in [-0.2, -0.15) is 0 Å². The third kappa shape index (κ3) is 8.65. The summed E-state index contributed by atoms with van der Waals surface area (Å²) in [5, 5.41) is 3.05. The predicted octanol–water partition coefficient (Wildman–Crippen LogP) is 2.45. The Bertz CT molecular complexity index is 272. The van der Waals surface area contributed by atoms with Gasteiger partial charge in [0.05, 0.1) is 0 Å². The highest BCUT2D eigenvalue weighted by Crippen LogP contribution is 1.91. The quantitative estimate of drug-likeness (QED) is 0.452. The molecule has 0 fully saturated rings. The molecule has 0 spiro atoms. The van der Waals surface area contributed by atoms with Gasteiger partial charge in [-0.25, -0.2) is 0 Å². The lowest BCUT2D eigenvalue weighted by molar-refractivity contribution is 0.112. The van der Waals surface area contributed by atoms with Crippen LogP contribution in [-0.2, 0) is 0 Å². The van der Waals surface area contributed by atoms with Crippen LogP contribution in [0.4, 0.5) is 0 Å². The zero-order chi connectivity index (χ0) is 11.4. The highest BCUT2D eigenvalue weighted by molar-refractivity contribution is 5.74. The van der Waals surface area contributed by atoms with Crippen molar-refractivity contribution in [3.63, 3.8) is 0 Å². The first-order chi connectivity index (χ1) is 7.35. The zero-order valence-electron chi connectivity index (χ0n) is 8.86. The molecule has 0 aromatic heterocycles. The Kier molecular flexibility index (Phi) is 9.25. The van der Waals surface area contributed by atoms with Gasteiger partial charge in [0.25, 0.3) is 0 Å². The Labute approximate surface area is 91.3 Å². The maximum atomic E-state index is 10.0. The van der Waals surface area contributed by atoms with Crippen molar-refractivity contribution in [3.05, 3.63) is 61.2 Å². The summed E-state index contributed by atoms with van der Waals surface area (Å²) < 4.78 is 0. The van der Waals surface area contributed by atoms with Gasteiger partial charge in [-0.1, -0.05) is 42.5 Å². The zero-order valence-corrected chi connectivity index (χ0v) is 8.86. The van der Waals surface area contributed by atoms with E-state index in [1.54, 1.807) is 12.1 Å². The summed E-state index contributed by atoms with van der Waals surface area (Å²) in [5.74, 6) is 0. The van der Waals surface area contributed by atoms with Gasteiger partial charge >= 0.3 is 0 Å². The molecule has 1 N–H and O–H groups in total. The number of nitrogens with one attached hydrogen (secondary N) is 1. The van der Waals surface area contributed by atoms with Gasteiger partial charge in [0.2, 0.25) is 0 Å². The smallest absolute Gasteiger partial charge is 0.150 e. The first kappa shape index (κ1) is 13.3. The highest BCUT2D eigenvalue weighted by atomic mass is 16.1. The molecule has 0 saturated carbocycles. The van der Waals surface area contributed by atoms with Crippen LogP contribution in [0.1, 0.15) is 10.4 Å². The standard InChI is InChI=1S/C7H6O.C6H11N/c8-6-7-4-2-1-3-5-7;1-3-5-7-6-4-2/h1-6H;3-4,7H,1-2,5-6H2. The lowest BCUT2D eigenvalue weighted by Crippen LogP contribution is -2.11. The second-order valence-electron chi connectivity index (χ2n) is 2.76. The van der Waals surface area contributed by atoms with Gasteiger partial charge in [0, 0.05) is 18.7 Å². The molecule has 80 valence electrons. The van der Waals surface area contributed by atoms with Crippen LogP contribution in [0.15, 0.2) is 55.6 Å². The normalized spacial score (nSPS) is 8.27. The van der Waals surface area contributed by atoms with Crippen molar-refractivity contribution in [3.8, 4) is 0 Å². The molecule has 0 bridgehead atoms. The van der Waals surface area contributed by atoms with Crippen LogP contribution in [0.5, 0.6) is 0 Å². The van der Waals surface area contributed by atoms with E-state index in [4.69, 9.17) is 0 Å². The second kappa shape index (κ2) is 10.4. The summed E-state index contributed by atoms with van der Waals surface area (Å²) >= 11 is 0. The first-order valence-corrected chi connectivity index (χ1v) is 4.78. The van der Waals surface area contributed by atoms with Gasteiger partial charge in [-0.3, -0.25) is 4.79 Å². The molecule has 0 aliphatic carbocycles. The van der Waals surface area contributed by atoms with Crippen molar-refractivity contribution in [1.82, 2.24) is 5.32 Å². The fraction of sp³-hybridized carbons (Fsp3) is 0.154. The molecule has 1 aromatic rings. The van der Waals surface area contributed by atoms with Crippen LogP contribution in [0.3, 0.4) is 0 Å². The van der Waals surface area contributed by atoms with Crippen molar-refractivity contribution in [2.24, 2.45) is 0 Å². The van der Waals surface area contributed by atoms with Crippen molar-refractivity contribution in [2.45, 2.75) is 0 Å². The lowest BCUT2D eigenvalue weighted by atomic mass is 10.2. The molecule has 0 unspecified atom stereocenters. The Hall–Kier alpha value is -1.67. The Balaban J connectivity index is 0.000000265. The van der Waals surface area contributed by atoms with E-state index in [-0.39, 0.29) is 0 Å². The maximum absolute atomic E-state index is 10.0. The molecule has 15 heavy (non-hydrogen) atoms. The minimum Gasteiger partial charge on any atom is -0.310 e. The van der Waals surface area contributed by atoms with E-state index in [1.807, 2.05) is 30.4 Å². The van der Waals surface area contributed by atoms with E-state index in [2.05, 4.69) is 18.5 Å². The summed E-state index contributed by atoms with van der Waals surface area (Å²) in [6.45, 7) is 8.81. The molecular weight excluding hydrogens is 186 g/mol. The van der Waals surface area contributed by atoms with E-state index < -0.39 is 0 Å². The van der Waals surface area contributed by atoms with E-state index >= 15 is 0 Å². The van der Waals surface area contributed by atoms with Crippen LogP contribution in [0.25, 0.3) is 0 Å². The summed E-state index contributed by atoms with van der Waals surface area (Å²) in [5.41, 5.74) is 0.729. The van der Waals surface area contributed by atoms with Crippen molar-refractivity contribution in [1.29, 1.82) is 0 Å². The molecule has 1 rings (SSSR count). The average molecular weight is 203 g/mol. The van der Waals surface area contributed by atoms with Gasteiger partial charge < -0.3 is 5.32 Å². The van der Waals surface area contributed by atoms with Crippen LogP contribution in [0.2, 0.25) is 0 Å². The average Bonchev–Trinajstić information content (AvgIpc) is 2.32. The van der Waals surface area contributed by atoms with E-state index in [9.17, 15) is 4.79 Å². The predicted molar refractivity (Wildman–Crippen MR) is 65.1 cm³/mol. The van der Waals surface area contributed by atoms with Gasteiger partial charge in [0.1, 0.15) is 6.29 Å². The van der Waals surface area contributed by atoms with Crippen LogP contribution in [0, 0.1) is 0 Å². The minimum atomic E-state index is 0.729. The molecule has 0 radical (unpaired) electrons. The summed E-state index contributed by atoms with van der Waals surface area (Å²) in [6, 6.07) is 9.10. The molecule has 0 aliphatic heterocycles. The van der Waals surface area contributed by atoms with Gasteiger partial charge in [0.15, 0.2) is 0 Å². The van der Waals surface area contributed by atoms with Gasteiger partial charge in [-0.15, -0.1) is 13.2 Å². The third-order valence-electron chi connectivity index (χ3n) is 1.51. The molecule has 0 atom stereocenters. The number of carbonyl (C=O) groups is 1. The van der Waals surface area contributed by atoms with E-state index in [0.29, 0.717) is 0 Å². The molecule has 0 aliphatic rings. The Morgan fingerprint density at radius 3 is 1.93 bits per heavy atom. The Morgan fingerprint density at radius 2 is 1.60 bits per heavy atom. The van der Waals surface area contributed by atoms with Crippen molar-refractivity contribution >= 4 is 6.29 Å². The summed E-state index contributed by atoms with van der Waals surface area (Å²) in [4.78, 5) is 10.0. The number of benzene rings is 1. The molecule has 0 saturated heterocycles. The SMILES string of the molecule is C=CCNCC=C.O=Cc1ccccc1. The van der Waals surface area contributed by atoms with E-state index in [1.165, 1.54) is 0 Å². The lowest BCUT2D eigenvalue weighted by Gasteiger charge is -1.90. The fourth-order valence-corrected chi connectivity index (χ4v) is 0.819. The molecule has 2 heteroatoms. The molecular formula is C13H17NO. The largest absolute Gasteiger partial charge is 0.310 e. The second-order valence-corrected chi connectivity index (χ2v) is 2.76. The highest BCUT2D eigenvalue weighted by Gasteiger charge is 1.80. The van der Waals surface area contributed by atoms with Crippen molar-refractivity contribution in [2.75, 3.05) is 13.1 Å². The number of aldehydes is 1. The topological polar surface area (TPSA) is 29.1 Å². The van der Waals surface area contributed by atoms with Crippen molar-refractivity contribution < 1.29 is 4.79 Å². The van der Waals surface area contributed by atoms with E-state index in [0.717, 1.165) is 24.9 Å². The minimum absolute atomic E-state index is 0.729. The number of rotatable bonds is 5. The molecule has 0 amide bonds. The number of carbonyl (C=O) groups excluding carboxylic acids is 1. The van der Waals surface area contributed by atoms with Crippen LogP contribution in [-0.4, -0.2) is 19.4 Å². The molecule has 1 aromatic carbocycles. The summed E-state index contributed by atoms with van der Waals surface area (Å²) in [7, 11) is 0.